The van der Waals surface area contributed by atoms with Gasteiger partial charge in [0.05, 0.1) is 6.61 Å². The molecule has 2 rings (SSSR count). The van der Waals surface area contributed by atoms with Crippen LogP contribution < -0.4 is 10.5 Å². The summed E-state index contributed by atoms with van der Waals surface area (Å²) in [6.07, 6.45) is 0.871. The van der Waals surface area contributed by atoms with E-state index in [1.165, 1.54) is 11.5 Å². The minimum Gasteiger partial charge on any atom is -0.494 e. The Morgan fingerprint density at radius 1 is 1.35 bits per heavy atom. The smallest absolute Gasteiger partial charge is 0.170 e. The Morgan fingerprint density at radius 3 is 2.85 bits per heavy atom. The molecule has 0 saturated heterocycles. The zero-order chi connectivity index (χ0) is 14.4. The lowest BCUT2D eigenvalue weighted by atomic mass is 10.1. The molecule has 20 heavy (non-hydrogen) atoms. The number of nitrogens with zero attached hydrogens (tertiary/aromatic N) is 2. The minimum atomic E-state index is -0.0725. The van der Waals surface area contributed by atoms with Gasteiger partial charge in [0.15, 0.2) is 4.34 Å². The van der Waals surface area contributed by atoms with Gasteiger partial charge >= 0.3 is 0 Å². The van der Waals surface area contributed by atoms with Crippen LogP contribution in [0.4, 0.5) is 0 Å². The van der Waals surface area contributed by atoms with E-state index in [4.69, 9.17) is 10.5 Å². The molecular weight excluding hydrogens is 290 g/mol. The third-order valence-electron chi connectivity index (χ3n) is 2.77. The fourth-order valence-corrected chi connectivity index (χ4v) is 3.46. The molecule has 0 aliphatic rings. The summed E-state index contributed by atoms with van der Waals surface area (Å²) < 4.78 is 10.9. The van der Waals surface area contributed by atoms with Gasteiger partial charge in [0.25, 0.3) is 0 Å². The van der Waals surface area contributed by atoms with Gasteiger partial charge in [-0.2, -0.15) is 4.37 Å². The fourth-order valence-electron chi connectivity index (χ4n) is 1.76. The lowest BCUT2D eigenvalue weighted by Crippen LogP contribution is -2.14. The number of nitrogens with two attached hydrogens (primary N) is 1. The normalized spacial score (nSPS) is 12.3. The molecule has 1 heterocycles. The first-order chi connectivity index (χ1) is 9.74. The summed E-state index contributed by atoms with van der Waals surface area (Å²) in [4.78, 5) is 4.44. The molecule has 0 aliphatic heterocycles. The van der Waals surface area contributed by atoms with E-state index in [9.17, 15) is 0 Å². The zero-order valence-corrected chi connectivity index (χ0v) is 13.3. The molecule has 0 saturated carbocycles. The highest BCUT2D eigenvalue weighted by molar-refractivity contribution is 8.00. The third kappa shape index (κ3) is 3.94. The predicted octanol–water partition coefficient (Wildman–Crippen LogP) is 3.29. The number of ether oxygens (including phenoxy) is 1. The van der Waals surface area contributed by atoms with Gasteiger partial charge in [-0.1, -0.05) is 36.9 Å². The van der Waals surface area contributed by atoms with Gasteiger partial charge in [0.2, 0.25) is 0 Å². The molecule has 4 nitrogen and oxygen atoms in total. The van der Waals surface area contributed by atoms with Crippen LogP contribution in [0.2, 0.25) is 0 Å². The largest absolute Gasteiger partial charge is 0.494 e. The zero-order valence-electron chi connectivity index (χ0n) is 11.7. The van der Waals surface area contributed by atoms with Gasteiger partial charge in [-0.3, -0.25) is 0 Å². The average Bonchev–Trinajstić information content (AvgIpc) is 2.94. The first kappa shape index (κ1) is 15.3. The third-order valence-corrected chi connectivity index (χ3v) is 4.76. The number of benzene rings is 1. The van der Waals surface area contributed by atoms with Crippen LogP contribution in [0.5, 0.6) is 5.75 Å². The molecule has 1 atom stereocenters. The van der Waals surface area contributed by atoms with Crippen molar-refractivity contribution in [1.82, 2.24) is 9.36 Å². The second-order valence-corrected chi connectivity index (χ2v) is 6.24. The maximum atomic E-state index is 6.27. The Morgan fingerprint density at radius 2 is 2.15 bits per heavy atom. The van der Waals surface area contributed by atoms with Gasteiger partial charge in [-0.05, 0) is 24.5 Å². The van der Waals surface area contributed by atoms with Crippen molar-refractivity contribution in [3.05, 3.63) is 35.7 Å². The van der Waals surface area contributed by atoms with E-state index in [2.05, 4.69) is 16.3 Å². The molecule has 2 aromatic rings. The second-order valence-electron chi connectivity index (χ2n) is 4.22. The lowest BCUT2D eigenvalue weighted by Gasteiger charge is -2.15. The van der Waals surface area contributed by atoms with Gasteiger partial charge < -0.3 is 10.5 Å². The van der Waals surface area contributed by atoms with Crippen molar-refractivity contribution in [2.45, 2.75) is 30.6 Å². The molecule has 1 unspecified atom stereocenters. The minimum absolute atomic E-state index is 0.0725. The van der Waals surface area contributed by atoms with Crippen molar-refractivity contribution < 1.29 is 4.74 Å². The Bertz CT molecular complexity index is 545. The molecule has 0 spiro atoms. The van der Waals surface area contributed by atoms with Crippen LogP contribution in [0.3, 0.4) is 0 Å². The standard InChI is InChI=1S/C14H19N3OS2/c1-3-13-16-14(20-17-13)19-9-11(15)10-7-5-6-8-12(10)18-4-2/h5-8,11H,3-4,9,15H2,1-2H3. The fraction of sp³-hybridized carbons (Fsp3) is 0.429. The van der Waals surface area contributed by atoms with E-state index in [1.54, 1.807) is 11.8 Å². The quantitative estimate of drug-likeness (QED) is 0.795. The SMILES string of the molecule is CCOc1ccccc1C(N)CSc1nc(CC)ns1. The maximum absolute atomic E-state index is 6.27. The monoisotopic (exact) mass is 309 g/mol. The highest BCUT2D eigenvalue weighted by Crippen LogP contribution is 2.29. The summed E-state index contributed by atoms with van der Waals surface area (Å²) in [5, 5.41) is 0. The molecule has 0 fully saturated rings. The van der Waals surface area contributed by atoms with Gasteiger partial charge in [-0.15, -0.1) is 0 Å². The second kappa shape index (κ2) is 7.61. The van der Waals surface area contributed by atoms with Gasteiger partial charge in [0, 0.05) is 23.8 Å². The molecule has 1 aromatic heterocycles. The van der Waals surface area contributed by atoms with Crippen molar-refractivity contribution in [2.75, 3.05) is 12.4 Å². The van der Waals surface area contributed by atoms with Crippen LogP contribution in [0.1, 0.15) is 31.3 Å². The van der Waals surface area contributed by atoms with E-state index >= 15 is 0 Å². The number of hydrogen-bond acceptors (Lipinski definition) is 6. The molecule has 0 aliphatic carbocycles. The highest BCUT2D eigenvalue weighted by Gasteiger charge is 2.13. The van der Waals surface area contributed by atoms with Crippen molar-refractivity contribution in [2.24, 2.45) is 5.73 Å². The summed E-state index contributed by atoms with van der Waals surface area (Å²) in [5.41, 5.74) is 7.31. The number of hydrogen-bond donors (Lipinski definition) is 1. The summed E-state index contributed by atoms with van der Waals surface area (Å²) in [7, 11) is 0. The highest BCUT2D eigenvalue weighted by atomic mass is 32.2. The van der Waals surface area contributed by atoms with Crippen molar-refractivity contribution in [1.29, 1.82) is 0 Å². The van der Waals surface area contributed by atoms with E-state index in [1.807, 2.05) is 31.2 Å². The molecule has 2 N–H and O–H groups in total. The van der Waals surface area contributed by atoms with Crippen LogP contribution in [-0.4, -0.2) is 21.7 Å². The molecule has 0 amide bonds. The van der Waals surface area contributed by atoms with Gasteiger partial charge in [0.1, 0.15) is 11.6 Å². The number of thioether (sulfide) groups is 1. The summed E-state index contributed by atoms with van der Waals surface area (Å²) >= 11 is 3.09. The van der Waals surface area contributed by atoms with E-state index < -0.39 is 0 Å². The topological polar surface area (TPSA) is 61.0 Å². The lowest BCUT2D eigenvalue weighted by molar-refractivity contribution is 0.335. The van der Waals surface area contributed by atoms with E-state index in [-0.39, 0.29) is 6.04 Å². The number of aryl methyl sites for hydroxylation is 1. The van der Waals surface area contributed by atoms with Crippen LogP contribution in [0.15, 0.2) is 28.6 Å². The van der Waals surface area contributed by atoms with Crippen LogP contribution in [0, 0.1) is 0 Å². The Balaban J connectivity index is 1.99. The van der Waals surface area contributed by atoms with Crippen LogP contribution >= 0.6 is 23.3 Å². The number of rotatable bonds is 7. The van der Waals surface area contributed by atoms with Crippen LogP contribution in [-0.2, 0) is 6.42 Å². The molecule has 0 bridgehead atoms. The van der Waals surface area contributed by atoms with Gasteiger partial charge in [-0.25, -0.2) is 4.98 Å². The molecular formula is C14H19N3OS2. The molecule has 0 radical (unpaired) electrons. The summed E-state index contributed by atoms with van der Waals surface area (Å²) in [5.74, 6) is 2.54. The number of para-hydroxylation sites is 1. The van der Waals surface area contributed by atoms with E-state index in [0.717, 1.165) is 33.7 Å². The molecule has 6 heteroatoms. The Labute approximate surface area is 127 Å². The van der Waals surface area contributed by atoms with Crippen molar-refractivity contribution in [3.8, 4) is 5.75 Å². The Kier molecular flexibility index (Phi) is 5.82. The molecule has 108 valence electrons. The first-order valence-corrected chi connectivity index (χ1v) is 8.43. The van der Waals surface area contributed by atoms with Crippen LogP contribution in [0.25, 0.3) is 0 Å². The first-order valence-electron chi connectivity index (χ1n) is 6.67. The van der Waals surface area contributed by atoms with E-state index in [0.29, 0.717) is 6.61 Å². The summed E-state index contributed by atoms with van der Waals surface area (Å²) in [6, 6.07) is 7.86. The number of aromatic nitrogens is 2. The van der Waals surface area contributed by atoms with Crippen molar-refractivity contribution >= 4 is 23.3 Å². The van der Waals surface area contributed by atoms with Crippen molar-refractivity contribution in [3.63, 3.8) is 0 Å². The molecule has 1 aromatic carbocycles. The maximum Gasteiger partial charge on any atom is 0.170 e. The summed E-state index contributed by atoms with van der Waals surface area (Å²) in [6.45, 7) is 4.68. The Hall–Kier alpha value is -1.11. The predicted molar refractivity (Wildman–Crippen MR) is 84.6 cm³/mol. The average molecular weight is 309 g/mol.